The first-order chi connectivity index (χ1) is 11.9. The van der Waals surface area contributed by atoms with Gasteiger partial charge in [0.25, 0.3) is 11.6 Å². The minimum Gasteiger partial charge on any atom is -0.493 e. The van der Waals surface area contributed by atoms with Gasteiger partial charge in [0.2, 0.25) is 0 Å². The van der Waals surface area contributed by atoms with Crippen molar-refractivity contribution in [2.75, 3.05) is 18.5 Å². The normalized spacial score (nSPS) is 10.4. The van der Waals surface area contributed by atoms with Gasteiger partial charge in [-0.1, -0.05) is 13.8 Å². The molecule has 0 atom stereocenters. The molecule has 0 aromatic heterocycles. The highest BCUT2D eigenvalue weighted by molar-refractivity contribution is 5.91. The maximum Gasteiger partial charge on any atom is 0.269 e. The summed E-state index contributed by atoms with van der Waals surface area (Å²) in [5, 5.41) is 13.3. The minimum atomic E-state index is -0.495. The third-order valence-electron chi connectivity index (χ3n) is 3.14. The van der Waals surface area contributed by atoms with E-state index in [-0.39, 0.29) is 18.2 Å². The van der Waals surface area contributed by atoms with E-state index < -0.39 is 4.92 Å². The third-order valence-corrected chi connectivity index (χ3v) is 3.14. The van der Waals surface area contributed by atoms with Gasteiger partial charge in [0.15, 0.2) is 6.61 Å². The summed E-state index contributed by atoms with van der Waals surface area (Å²) in [4.78, 5) is 22.0. The van der Waals surface area contributed by atoms with E-state index in [1.165, 1.54) is 24.3 Å². The Morgan fingerprint density at radius 2 is 1.60 bits per heavy atom. The Kier molecular flexibility index (Phi) is 6.33. The van der Waals surface area contributed by atoms with Gasteiger partial charge in [-0.25, -0.2) is 0 Å². The van der Waals surface area contributed by atoms with Gasteiger partial charge in [-0.3, -0.25) is 14.9 Å². The highest BCUT2D eigenvalue weighted by Gasteiger charge is 2.07. The molecule has 2 aromatic carbocycles. The number of ether oxygens (including phenoxy) is 2. The smallest absolute Gasteiger partial charge is 0.269 e. The number of non-ortho nitro benzene ring substituents is 1. The number of hydrogen-bond donors (Lipinski definition) is 1. The van der Waals surface area contributed by atoms with Gasteiger partial charge in [0, 0.05) is 17.8 Å². The number of hydrogen-bond acceptors (Lipinski definition) is 5. The number of carbonyl (C=O) groups excluding carboxylic acids is 1. The molecule has 0 spiro atoms. The summed E-state index contributed by atoms with van der Waals surface area (Å²) in [6.07, 6.45) is 0. The van der Waals surface area contributed by atoms with Crippen molar-refractivity contribution >= 4 is 17.3 Å². The van der Waals surface area contributed by atoms with Crippen LogP contribution in [0.2, 0.25) is 0 Å². The zero-order valence-corrected chi connectivity index (χ0v) is 14.1. The van der Waals surface area contributed by atoms with Crippen LogP contribution in [0, 0.1) is 16.0 Å². The van der Waals surface area contributed by atoms with Crippen LogP contribution in [0.25, 0.3) is 0 Å². The van der Waals surface area contributed by atoms with Crippen LogP contribution in [-0.4, -0.2) is 24.0 Å². The molecule has 7 nitrogen and oxygen atoms in total. The molecule has 0 aliphatic rings. The van der Waals surface area contributed by atoms with Crippen LogP contribution in [-0.2, 0) is 4.79 Å². The highest BCUT2D eigenvalue weighted by atomic mass is 16.6. The number of rotatable bonds is 8. The van der Waals surface area contributed by atoms with E-state index in [0.29, 0.717) is 24.0 Å². The van der Waals surface area contributed by atoms with E-state index in [0.717, 1.165) is 5.75 Å². The Labute approximate surface area is 145 Å². The topological polar surface area (TPSA) is 90.7 Å². The molecule has 0 saturated carbocycles. The first-order valence-corrected chi connectivity index (χ1v) is 7.84. The van der Waals surface area contributed by atoms with Crippen molar-refractivity contribution in [2.24, 2.45) is 5.92 Å². The standard InChI is InChI=1S/C18H20N2O5/c1-13(2)11-24-16-7-3-14(4-8-16)19-18(21)12-25-17-9-5-15(6-10-17)20(22)23/h3-10,13H,11-12H2,1-2H3,(H,19,21). The van der Waals surface area contributed by atoms with Crippen molar-refractivity contribution in [3.8, 4) is 11.5 Å². The second kappa shape index (κ2) is 8.68. The van der Waals surface area contributed by atoms with Crippen molar-refractivity contribution in [2.45, 2.75) is 13.8 Å². The molecule has 1 amide bonds. The SMILES string of the molecule is CC(C)COc1ccc(NC(=O)COc2ccc([N+](=O)[O-])cc2)cc1. The average Bonchev–Trinajstić information content (AvgIpc) is 2.59. The van der Waals surface area contributed by atoms with E-state index in [2.05, 4.69) is 19.2 Å². The Balaban J connectivity index is 1.80. The summed E-state index contributed by atoms with van der Waals surface area (Å²) in [6.45, 7) is 4.58. The van der Waals surface area contributed by atoms with Crippen molar-refractivity contribution in [3.63, 3.8) is 0 Å². The minimum absolute atomic E-state index is 0.0309. The van der Waals surface area contributed by atoms with Gasteiger partial charge in [0.1, 0.15) is 11.5 Å². The lowest BCUT2D eigenvalue weighted by molar-refractivity contribution is -0.384. The molecular formula is C18H20N2O5. The predicted octanol–water partition coefficient (Wildman–Crippen LogP) is 3.65. The van der Waals surface area contributed by atoms with Crippen LogP contribution in [0.5, 0.6) is 11.5 Å². The fourth-order valence-corrected chi connectivity index (χ4v) is 1.91. The van der Waals surface area contributed by atoms with Gasteiger partial charge in [-0.15, -0.1) is 0 Å². The summed E-state index contributed by atoms with van der Waals surface area (Å²) in [5.41, 5.74) is 0.603. The molecule has 0 fully saturated rings. The van der Waals surface area contributed by atoms with Crippen LogP contribution in [0.4, 0.5) is 11.4 Å². The molecule has 0 aliphatic heterocycles. The monoisotopic (exact) mass is 344 g/mol. The molecule has 0 aliphatic carbocycles. The second-order valence-electron chi connectivity index (χ2n) is 5.82. The quantitative estimate of drug-likeness (QED) is 0.583. The number of nitro benzene ring substituents is 1. The molecule has 1 N–H and O–H groups in total. The third kappa shape index (κ3) is 6.14. The lowest BCUT2D eigenvalue weighted by Gasteiger charge is -2.10. The first kappa shape index (κ1) is 18.3. The maximum absolute atomic E-state index is 11.9. The fraction of sp³-hybridized carbons (Fsp3) is 0.278. The van der Waals surface area contributed by atoms with Crippen LogP contribution in [0.3, 0.4) is 0 Å². The Morgan fingerprint density at radius 1 is 1.04 bits per heavy atom. The number of amides is 1. The molecule has 0 unspecified atom stereocenters. The van der Waals surface area contributed by atoms with E-state index in [1.54, 1.807) is 24.3 Å². The number of carbonyl (C=O) groups is 1. The lowest BCUT2D eigenvalue weighted by atomic mass is 10.2. The Bertz CT molecular complexity index is 711. The zero-order valence-electron chi connectivity index (χ0n) is 14.1. The highest BCUT2D eigenvalue weighted by Crippen LogP contribution is 2.18. The van der Waals surface area contributed by atoms with E-state index in [4.69, 9.17) is 9.47 Å². The van der Waals surface area contributed by atoms with E-state index in [9.17, 15) is 14.9 Å². The number of anilines is 1. The first-order valence-electron chi connectivity index (χ1n) is 7.84. The zero-order chi connectivity index (χ0) is 18.2. The Morgan fingerprint density at radius 3 is 2.16 bits per heavy atom. The second-order valence-corrected chi connectivity index (χ2v) is 5.82. The Hall–Kier alpha value is -3.09. The molecule has 25 heavy (non-hydrogen) atoms. The van der Waals surface area contributed by atoms with Crippen molar-refractivity contribution in [1.82, 2.24) is 0 Å². The average molecular weight is 344 g/mol. The summed E-state index contributed by atoms with van der Waals surface area (Å²) < 4.78 is 10.9. The van der Waals surface area contributed by atoms with Gasteiger partial charge in [-0.2, -0.15) is 0 Å². The van der Waals surface area contributed by atoms with E-state index >= 15 is 0 Å². The molecule has 2 aromatic rings. The molecule has 0 radical (unpaired) electrons. The largest absolute Gasteiger partial charge is 0.493 e. The van der Waals surface area contributed by atoms with Gasteiger partial charge >= 0.3 is 0 Å². The van der Waals surface area contributed by atoms with Crippen LogP contribution < -0.4 is 14.8 Å². The molecule has 0 bridgehead atoms. The van der Waals surface area contributed by atoms with Crippen LogP contribution in [0.15, 0.2) is 48.5 Å². The predicted molar refractivity (Wildman–Crippen MR) is 94.0 cm³/mol. The van der Waals surface area contributed by atoms with Gasteiger partial charge in [0.05, 0.1) is 11.5 Å². The van der Waals surface area contributed by atoms with Crippen molar-refractivity contribution < 1.29 is 19.2 Å². The molecule has 0 saturated heterocycles. The lowest BCUT2D eigenvalue weighted by Crippen LogP contribution is -2.20. The number of nitrogens with zero attached hydrogens (tertiary/aromatic N) is 1. The molecule has 0 heterocycles. The number of benzene rings is 2. The molecule has 7 heteroatoms. The molecule has 2 rings (SSSR count). The number of nitro groups is 1. The summed E-state index contributed by atoms with van der Waals surface area (Å²) in [7, 11) is 0. The maximum atomic E-state index is 11.9. The van der Waals surface area contributed by atoms with Gasteiger partial charge < -0.3 is 14.8 Å². The summed E-state index contributed by atoms with van der Waals surface area (Å²) >= 11 is 0. The van der Waals surface area contributed by atoms with Crippen molar-refractivity contribution in [3.05, 3.63) is 58.6 Å². The van der Waals surface area contributed by atoms with Crippen LogP contribution in [0.1, 0.15) is 13.8 Å². The number of nitrogens with one attached hydrogen (secondary N) is 1. The molecular weight excluding hydrogens is 324 g/mol. The fourth-order valence-electron chi connectivity index (χ4n) is 1.91. The van der Waals surface area contributed by atoms with Crippen LogP contribution >= 0.6 is 0 Å². The van der Waals surface area contributed by atoms with Crippen molar-refractivity contribution in [1.29, 1.82) is 0 Å². The molecule has 132 valence electrons. The summed E-state index contributed by atoms with van der Waals surface area (Å²) in [6, 6.07) is 12.6. The van der Waals surface area contributed by atoms with Gasteiger partial charge in [-0.05, 0) is 42.3 Å². The van der Waals surface area contributed by atoms with E-state index in [1.807, 2.05) is 0 Å². The summed E-state index contributed by atoms with van der Waals surface area (Å²) in [5.74, 6) is 1.25.